The molecule has 4 heteroatoms. The van der Waals surface area contributed by atoms with E-state index < -0.39 is 0 Å². The predicted octanol–water partition coefficient (Wildman–Crippen LogP) is 3.09. The fourth-order valence-corrected chi connectivity index (χ4v) is 2.81. The van der Waals surface area contributed by atoms with E-state index in [9.17, 15) is 4.79 Å². The van der Waals surface area contributed by atoms with Crippen molar-refractivity contribution in [1.29, 1.82) is 0 Å². The minimum absolute atomic E-state index is 0.110. The Morgan fingerprint density at radius 2 is 2.21 bits per heavy atom. The van der Waals surface area contributed by atoms with Gasteiger partial charge in [0.15, 0.2) is 0 Å². The predicted molar refractivity (Wildman–Crippen MR) is 77.1 cm³/mol. The number of carbonyl (C=O) groups is 1. The second-order valence-corrected chi connectivity index (χ2v) is 6.36. The van der Waals surface area contributed by atoms with Gasteiger partial charge in [0.2, 0.25) is 0 Å². The summed E-state index contributed by atoms with van der Waals surface area (Å²) in [6.45, 7) is 2.42. The molecule has 1 aliphatic heterocycles. The summed E-state index contributed by atoms with van der Waals surface area (Å²) in [6, 6.07) is 7.57. The smallest absolute Gasteiger partial charge is 0.253 e. The van der Waals surface area contributed by atoms with Crippen LogP contribution in [0.25, 0.3) is 0 Å². The van der Waals surface area contributed by atoms with E-state index in [-0.39, 0.29) is 12.0 Å². The highest BCUT2D eigenvalue weighted by molar-refractivity contribution is 9.10. The van der Waals surface area contributed by atoms with Crippen LogP contribution in [0.2, 0.25) is 0 Å². The molecule has 3 nitrogen and oxygen atoms in total. The summed E-state index contributed by atoms with van der Waals surface area (Å²) >= 11 is 3.40. The van der Waals surface area contributed by atoms with Crippen LogP contribution >= 0.6 is 15.9 Å². The molecule has 0 radical (unpaired) electrons. The summed E-state index contributed by atoms with van der Waals surface area (Å²) in [5, 5.41) is 0. The lowest BCUT2D eigenvalue weighted by atomic mass is 10.2. The first-order valence-corrected chi connectivity index (χ1v) is 7.68. The molecule has 3 rings (SSSR count). The minimum atomic E-state index is 0.110. The van der Waals surface area contributed by atoms with Gasteiger partial charge in [-0.15, -0.1) is 0 Å². The van der Waals surface area contributed by atoms with E-state index in [0.717, 1.165) is 42.1 Å². The van der Waals surface area contributed by atoms with Crippen LogP contribution in [0.15, 0.2) is 28.7 Å². The van der Waals surface area contributed by atoms with Gasteiger partial charge in [-0.05, 0) is 43.4 Å². The average molecular weight is 324 g/mol. The Labute approximate surface area is 122 Å². The Hall–Kier alpha value is -0.870. The van der Waals surface area contributed by atoms with Crippen LogP contribution in [0.5, 0.6) is 0 Å². The highest BCUT2D eigenvalue weighted by Crippen LogP contribution is 2.30. The number of hydrogen-bond donors (Lipinski definition) is 0. The number of benzene rings is 1. The van der Waals surface area contributed by atoms with Crippen molar-refractivity contribution in [3.8, 4) is 0 Å². The number of carbonyl (C=O) groups excluding carboxylic acids is 1. The lowest BCUT2D eigenvalue weighted by molar-refractivity contribution is 0.0480. The largest absolute Gasteiger partial charge is 0.376 e. The second-order valence-electron chi connectivity index (χ2n) is 5.45. The van der Waals surface area contributed by atoms with Crippen LogP contribution in [0, 0.1) is 5.92 Å². The van der Waals surface area contributed by atoms with Gasteiger partial charge >= 0.3 is 0 Å². The maximum Gasteiger partial charge on any atom is 0.253 e. The fourth-order valence-electron chi connectivity index (χ4n) is 2.41. The Balaban J connectivity index is 1.56. The highest BCUT2D eigenvalue weighted by atomic mass is 79.9. The number of ether oxygens (including phenoxy) is 1. The van der Waals surface area contributed by atoms with Crippen molar-refractivity contribution < 1.29 is 9.53 Å². The third kappa shape index (κ3) is 3.37. The van der Waals surface area contributed by atoms with E-state index in [1.807, 2.05) is 29.2 Å². The number of hydrogen-bond acceptors (Lipinski definition) is 2. The molecule has 1 atom stereocenters. The monoisotopic (exact) mass is 323 g/mol. The van der Waals surface area contributed by atoms with Crippen LogP contribution in [-0.2, 0) is 4.74 Å². The molecule has 1 aromatic rings. The molecule has 102 valence electrons. The Morgan fingerprint density at radius 3 is 2.95 bits per heavy atom. The van der Waals surface area contributed by atoms with E-state index in [1.54, 1.807) is 0 Å². The molecule has 0 spiro atoms. The van der Waals surface area contributed by atoms with Crippen LogP contribution in [0.1, 0.15) is 29.6 Å². The Bertz CT molecular complexity index is 473. The molecular weight excluding hydrogens is 306 g/mol. The molecule has 1 aliphatic carbocycles. The van der Waals surface area contributed by atoms with Gasteiger partial charge in [-0.3, -0.25) is 4.79 Å². The van der Waals surface area contributed by atoms with Crippen molar-refractivity contribution >= 4 is 21.8 Å². The lowest BCUT2D eigenvalue weighted by Gasteiger charge is -2.17. The molecule has 1 unspecified atom stereocenters. The van der Waals surface area contributed by atoms with Gasteiger partial charge in [0.25, 0.3) is 5.91 Å². The van der Waals surface area contributed by atoms with Gasteiger partial charge in [-0.25, -0.2) is 0 Å². The molecule has 1 aromatic carbocycles. The van der Waals surface area contributed by atoms with Crippen molar-refractivity contribution in [1.82, 2.24) is 4.90 Å². The van der Waals surface area contributed by atoms with E-state index >= 15 is 0 Å². The normalized spacial score (nSPS) is 22.8. The first kappa shape index (κ1) is 13.1. The first-order valence-electron chi connectivity index (χ1n) is 6.89. The van der Waals surface area contributed by atoms with Gasteiger partial charge < -0.3 is 9.64 Å². The molecule has 1 saturated heterocycles. The topological polar surface area (TPSA) is 29.5 Å². The maximum atomic E-state index is 12.3. The van der Waals surface area contributed by atoms with Gasteiger partial charge in [0, 0.05) is 29.7 Å². The highest BCUT2D eigenvalue weighted by Gasteiger charge is 2.29. The van der Waals surface area contributed by atoms with Crippen LogP contribution < -0.4 is 0 Å². The molecule has 19 heavy (non-hydrogen) atoms. The summed E-state index contributed by atoms with van der Waals surface area (Å²) in [4.78, 5) is 14.2. The van der Waals surface area contributed by atoms with Crippen molar-refractivity contribution in [2.75, 3.05) is 19.7 Å². The van der Waals surface area contributed by atoms with E-state index in [1.165, 1.54) is 12.8 Å². The zero-order chi connectivity index (χ0) is 13.2. The summed E-state index contributed by atoms with van der Waals surface area (Å²) in [6.07, 6.45) is 3.82. The van der Waals surface area contributed by atoms with Crippen molar-refractivity contribution in [2.45, 2.75) is 25.4 Å². The molecule has 1 heterocycles. The van der Waals surface area contributed by atoms with Crippen LogP contribution in [-0.4, -0.2) is 36.6 Å². The third-order valence-corrected chi connectivity index (χ3v) is 4.26. The second kappa shape index (κ2) is 5.63. The molecule has 1 amide bonds. The number of rotatable bonds is 4. The van der Waals surface area contributed by atoms with Gasteiger partial charge in [-0.2, -0.15) is 0 Å². The molecular formula is C15H18BrNO2. The van der Waals surface area contributed by atoms with Crippen molar-refractivity contribution in [2.24, 2.45) is 5.92 Å². The van der Waals surface area contributed by atoms with Crippen LogP contribution in [0.3, 0.4) is 0 Å². The maximum absolute atomic E-state index is 12.3. The quantitative estimate of drug-likeness (QED) is 0.852. The summed E-state index contributed by atoms with van der Waals surface area (Å²) in [5.74, 6) is 0.897. The number of likely N-dealkylation sites (tertiary alicyclic amines) is 1. The van der Waals surface area contributed by atoms with Gasteiger partial charge in [0.1, 0.15) is 0 Å². The SMILES string of the molecule is O=C(c1cccc(Br)c1)N1CCC(OCC2CC2)C1. The standard InChI is InChI=1S/C15H18BrNO2/c16-13-3-1-2-12(8-13)15(18)17-7-6-14(9-17)19-10-11-4-5-11/h1-3,8,11,14H,4-7,9-10H2. The molecule has 2 fully saturated rings. The number of amides is 1. The Morgan fingerprint density at radius 1 is 1.37 bits per heavy atom. The van der Waals surface area contributed by atoms with Crippen LogP contribution in [0.4, 0.5) is 0 Å². The fraction of sp³-hybridized carbons (Fsp3) is 0.533. The minimum Gasteiger partial charge on any atom is -0.376 e. The zero-order valence-corrected chi connectivity index (χ0v) is 12.4. The van der Waals surface area contributed by atoms with Crippen molar-refractivity contribution in [3.05, 3.63) is 34.3 Å². The van der Waals surface area contributed by atoms with Gasteiger partial charge in [-0.1, -0.05) is 22.0 Å². The Kier molecular flexibility index (Phi) is 3.89. The number of nitrogens with zero attached hydrogens (tertiary/aromatic N) is 1. The molecule has 1 saturated carbocycles. The first-order chi connectivity index (χ1) is 9.22. The van der Waals surface area contributed by atoms with Gasteiger partial charge in [0.05, 0.1) is 6.10 Å². The molecule has 2 aliphatic rings. The number of halogens is 1. The van der Waals surface area contributed by atoms with E-state index in [4.69, 9.17) is 4.74 Å². The average Bonchev–Trinajstić information content (AvgIpc) is 3.13. The summed E-state index contributed by atoms with van der Waals surface area (Å²) < 4.78 is 6.81. The van der Waals surface area contributed by atoms with Crippen molar-refractivity contribution in [3.63, 3.8) is 0 Å². The molecule has 0 N–H and O–H groups in total. The zero-order valence-electron chi connectivity index (χ0n) is 10.8. The van der Waals surface area contributed by atoms with E-state index in [0.29, 0.717) is 0 Å². The summed E-state index contributed by atoms with van der Waals surface area (Å²) in [5.41, 5.74) is 0.747. The summed E-state index contributed by atoms with van der Waals surface area (Å²) in [7, 11) is 0. The van der Waals surface area contributed by atoms with E-state index in [2.05, 4.69) is 15.9 Å². The lowest BCUT2D eigenvalue weighted by Crippen LogP contribution is -2.30. The molecule has 0 bridgehead atoms. The molecule has 0 aromatic heterocycles. The third-order valence-electron chi connectivity index (χ3n) is 3.77.